The number of nitrogens with one attached hydrogen (secondary N) is 1. The van der Waals surface area contributed by atoms with Crippen LogP contribution in [0.1, 0.15) is 12.5 Å². The van der Waals surface area contributed by atoms with Crippen LogP contribution in [0.2, 0.25) is 0 Å². The van der Waals surface area contributed by atoms with Gasteiger partial charge in [-0.3, -0.25) is 4.79 Å². The molecule has 0 unspecified atom stereocenters. The molecular formula is C15H15N3O3S. The highest BCUT2D eigenvalue weighted by Gasteiger charge is 2.17. The van der Waals surface area contributed by atoms with E-state index in [1.807, 2.05) is 25.1 Å². The number of fused-ring (bicyclic) bond motifs is 1. The minimum absolute atomic E-state index is 0.0601. The van der Waals surface area contributed by atoms with Crippen molar-refractivity contribution in [2.75, 3.05) is 6.79 Å². The molecule has 3 rings (SSSR count). The Bertz CT molecular complexity index is 666. The molecule has 0 aliphatic carbocycles. The van der Waals surface area contributed by atoms with Crippen LogP contribution in [0.25, 0.3) is 0 Å². The number of ether oxygens (including phenoxy) is 2. The van der Waals surface area contributed by atoms with E-state index in [-0.39, 0.29) is 18.0 Å². The van der Waals surface area contributed by atoms with E-state index in [0.717, 1.165) is 11.3 Å². The summed E-state index contributed by atoms with van der Waals surface area (Å²) in [4.78, 5) is 20.3. The smallest absolute Gasteiger partial charge is 0.233 e. The van der Waals surface area contributed by atoms with Crippen LogP contribution < -0.4 is 14.8 Å². The molecule has 1 amide bonds. The number of amides is 1. The molecule has 1 aliphatic rings. The van der Waals surface area contributed by atoms with E-state index < -0.39 is 0 Å². The first-order valence-electron chi connectivity index (χ1n) is 6.82. The predicted molar refractivity (Wildman–Crippen MR) is 81.8 cm³/mol. The van der Waals surface area contributed by atoms with E-state index in [1.54, 1.807) is 18.5 Å². The van der Waals surface area contributed by atoms with Crippen molar-refractivity contribution in [1.29, 1.82) is 0 Å². The Morgan fingerprint density at radius 1 is 1.32 bits per heavy atom. The van der Waals surface area contributed by atoms with Gasteiger partial charge in [-0.15, -0.1) is 0 Å². The number of carbonyl (C=O) groups excluding carboxylic acids is 1. The Kier molecular flexibility index (Phi) is 4.43. The van der Waals surface area contributed by atoms with Crippen molar-refractivity contribution in [2.45, 2.75) is 23.9 Å². The summed E-state index contributed by atoms with van der Waals surface area (Å²) < 4.78 is 10.6. The number of carbonyl (C=O) groups is 1. The first-order valence-corrected chi connectivity index (χ1v) is 7.70. The Morgan fingerprint density at radius 2 is 2.09 bits per heavy atom. The highest BCUT2D eigenvalue weighted by Crippen LogP contribution is 2.32. The van der Waals surface area contributed by atoms with Crippen LogP contribution >= 0.6 is 11.8 Å². The van der Waals surface area contributed by atoms with Crippen molar-refractivity contribution in [1.82, 2.24) is 15.3 Å². The summed E-state index contributed by atoms with van der Waals surface area (Å²) in [5.41, 5.74) is 0.964. The van der Waals surface area contributed by atoms with E-state index in [2.05, 4.69) is 15.3 Å². The second-order valence-electron chi connectivity index (χ2n) is 4.70. The van der Waals surface area contributed by atoms with Gasteiger partial charge in [0.1, 0.15) is 0 Å². The van der Waals surface area contributed by atoms with Crippen LogP contribution in [0.5, 0.6) is 11.5 Å². The van der Waals surface area contributed by atoms with Crippen LogP contribution in [0.15, 0.2) is 41.8 Å². The molecule has 0 saturated carbocycles. The normalized spacial score (nSPS) is 13.7. The van der Waals surface area contributed by atoms with Crippen LogP contribution in [0.3, 0.4) is 0 Å². The molecule has 0 saturated heterocycles. The topological polar surface area (TPSA) is 73.3 Å². The number of aromatic nitrogens is 2. The molecule has 22 heavy (non-hydrogen) atoms. The predicted octanol–water partition coefficient (Wildman–Crippen LogP) is 2.00. The Labute approximate surface area is 132 Å². The zero-order valence-electron chi connectivity index (χ0n) is 12.0. The molecule has 1 aliphatic heterocycles. The van der Waals surface area contributed by atoms with Gasteiger partial charge < -0.3 is 14.8 Å². The maximum Gasteiger partial charge on any atom is 0.233 e. The van der Waals surface area contributed by atoms with Crippen molar-refractivity contribution in [3.8, 4) is 11.5 Å². The molecule has 114 valence electrons. The highest BCUT2D eigenvalue weighted by atomic mass is 32.2. The fourth-order valence-electron chi connectivity index (χ4n) is 1.94. The molecule has 6 nitrogen and oxygen atoms in total. The van der Waals surface area contributed by atoms with Crippen molar-refractivity contribution >= 4 is 17.7 Å². The van der Waals surface area contributed by atoms with Crippen molar-refractivity contribution in [2.24, 2.45) is 0 Å². The molecule has 7 heteroatoms. The van der Waals surface area contributed by atoms with Crippen LogP contribution in [-0.4, -0.2) is 27.9 Å². The number of nitrogens with zero attached hydrogens (tertiary/aromatic N) is 2. The van der Waals surface area contributed by atoms with Gasteiger partial charge in [0.2, 0.25) is 12.7 Å². The summed E-state index contributed by atoms with van der Waals surface area (Å²) in [6.45, 7) is 2.52. The van der Waals surface area contributed by atoms with E-state index in [1.165, 1.54) is 11.8 Å². The largest absolute Gasteiger partial charge is 0.454 e. The summed E-state index contributed by atoms with van der Waals surface area (Å²) >= 11 is 1.33. The average Bonchev–Trinajstić information content (AvgIpc) is 3.01. The Morgan fingerprint density at radius 3 is 2.91 bits per heavy atom. The van der Waals surface area contributed by atoms with E-state index in [9.17, 15) is 4.79 Å². The number of benzene rings is 1. The van der Waals surface area contributed by atoms with Gasteiger partial charge in [-0.1, -0.05) is 17.8 Å². The Balaban J connectivity index is 1.53. The van der Waals surface area contributed by atoms with E-state index >= 15 is 0 Å². The minimum Gasteiger partial charge on any atom is -0.454 e. The molecule has 1 aromatic carbocycles. The molecule has 1 aromatic heterocycles. The number of thioether (sulfide) groups is 1. The second kappa shape index (κ2) is 6.65. The van der Waals surface area contributed by atoms with E-state index in [4.69, 9.17) is 9.47 Å². The van der Waals surface area contributed by atoms with Gasteiger partial charge in [0, 0.05) is 18.9 Å². The summed E-state index contributed by atoms with van der Waals surface area (Å²) in [5.74, 6) is 1.39. The first-order chi connectivity index (χ1) is 10.7. The van der Waals surface area contributed by atoms with Crippen molar-refractivity contribution in [3.05, 3.63) is 42.2 Å². The SMILES string of the molecule is C[C@H](Sc1ncccn1)C(=O)NCc1ccc2c(c1)OCO2. The lowest BCUT2D eigenvalue weighted by atomic mass is 10.2. The molecular weight excluding hydrogens is 302 g/mol. The monoisotopic (exact) mass is 317 g/mol. The highest BCUT2D eigenvalue weighted by molar-refractivity contribution is 8.00. The van der Waals surface area contributed by atoms with Gasteiger partial charge in [-0.25, -0.2) is 9.97 Å². The lowest BCUT2D eigenvalue weighted by Crippen LogP contribution is -2.30. The molecule has 0 radical (unpaired) electrons. The van der Waals surface area contributed by atoms with Crippen molar-refractivity contribution in [3.63, 3.8) is 0 Å². The van der Waals surface area contributed by atoms with E-state index in [0.29, 0.717) is 17.5 Å². The zero-order valence-corrected chi connectivity index (χ0v) is 12.8. The summed E-state index contributed by atoms with van der Waals surface area (Å²) in [6.07, 6.45) is 3.32. The standard InChI is InChI=1S/C15H15N3O3S/c1-10(22-15-16-5-2-6-17-15)14(19)18-8-11-3-4-12-13(7-11)21-9-20-12/h2-7,10H,8-9H2,1H3,(H,18,19)/t10-/m0/s1. The lowest BCUT2D eigenvalue weighted by Gasteiger charge is -2.11. The number of rotatable bonds is 5. The van der Waals surface area contributed by atoms with Gasteiger partial charge in [-0.05, 0) is 30.7 Å². The van der Waals surface area contributed by atoms with Gasteiger partial charge >= 0.3 is 0 Å². The molecule has 1 N–H and O–H groups in total. The zero-order chi connectivity index (χ0) is 15.4. The van der Waals surface area contributed by atoms with Crippen LogP contribution in [0, 0.1) is 0 Å². The fraction of sp³-hybridized carbons (Fsp3) is 0.267. The minimum atomic E-state index is -0.267. The third-order valence-electron chi connectivity index (χ3n) is 3.10. The Hall–Kier alpha value is -2.28. The second-order valence-corrected chi connectivity index (χ2v) is 6.00. The average molecular weight is 317 g/mol. The molecule has 0 spiro atoms. The maximum atomic E-state index is 12.1. The quantitative estimate of drug-likeness (QED) is 0.672. The summed E-state index contributed by atoms with van der Waals surface area (Å²) in [7, 11) is 0. The number of hydrogen-bond acceptors (Lipinski definition) is 6. The third-order valence-corrected chi connectivity index (χ3v) is 4.09. The molecule has 2 aromatic rings. The number of hydrogen-bond donors (Lipinski definition) is 1. The summed E-state index contributed by atoms with van der Waals surface area (Å²) in [5, 5.41) is 3.22. The van der Waals surface area contributed by atoms with Gasteiger partial charge in [0.25, 0.3) is 0 Å². The molecule has 0 bridgehead atoms. The molecule has 0 fully saturated rings. The fourth-order valence-corrected chi connectivity index (χ4v) is 2.69. The van der Waals surface area contributed by atoms with Gasteiger partial charge in [-0.2, -0.15) is 0 Å². The molecule has 2 heterocycles. The van der Waals surface area contributed by atoms with Gasteiger partial charge in [0.05, 0.1) is 5.25 Å². The van der Waals surface area contributed by atoms with Crippen LogP contribution in [-0.2, 0) is 11.3 Å². The van der Waals surface area contributed by atoms with Crippen molar-refractivity contribution < 1.29 is 14.3 Å². The summed E-state index contributed by atoms with van der Waals surface area (Å²) in [6, 6.07) is 7.38. The van der Waals surface area contributed by atoms with Crippen LogP contribution in [0.4, 0.5) is 0 Å². The maximum absolute atomic E-state index is 12.1. The third kappa shape index (κ3) is 3.48. The van der Waals surface area contributed by atoms with Gasteiger partial charge in [0.15, 0.2) is 16.7 Å². The lowest BCUT2D eigenvalue weighted by molar-refractivity contribution is -0.120. The molecule has 1 atom stereocenters. The first kappa shape index (κ1) is 14.6.